The molecule has 0 saturated heterocycles. The first kappa shape index (κ1) is 24.6. The number of nitrogens with one attached hydrogen (secondary N) is 1. The highest BCUT2D eigenvalue weighted by molar-refractivity contribution is 5.71. The summed E-state index contributed by atoms with van der Waals surface area (Å²) in [7, 11) is 1.45. The molecule has 1 N–H and O–H groups in total. The molecule has 36 heavy (non-hydrogen) atoms. The van der Waals surface area contributed by atoms with E-state index in [9.17, 15) is 18.0 Å². The molecular formula is C29H31F3N2O2. The third-order valence-electron chi connectivity index (χ3n) is 7.88. The number of rotatable bonds is 5. The maximum absolute atomic E-state index is 13.1. The molecule has 4 nitrogen and oxygen atoms in total. The summed E-state index contributed by atoms with van der Waals surface area (Å²) < 4.78 is 44.0. The monoisotopic (exact) mass is 496 g/mol. The number of alkyl halides is 3. The summed E-state index contributed by atoms with van der Waals surface area (Å²) in [6.07, 6.45) is 10.00. The first-order valence-corrected chi connectivity index (χ1v) is 12.7. The number of ether oxygens (including phenoxy) is 1. The second kappa shape index (κ2) is 10.1. The lowest BCUT2D eigenvalue weighted by Gasteiger charge is -2.31. The predicted octanol–water partition coefficient (Wildman–Crippen LogP) is 5.69. The number of methoxy groups -OCH3 is 1. The number of H-pyrrole nitrogens is 1. The van der Waals surface area contributed by atoms with Gasteiger partial charge in [0.25, 0.3) is 0 Å². The zero-order valence-electron chi connectivity index (χ0n) is 20.4. The van der Waals surface area contributed by atoms with Crippen LogP contribution in [0.25, 0.3) is 29.1 Å². The van der Waals surface area contributed by atoms with Gasteiger partial charge in [0.05, 0.1) is 23.7 Å². The fraction of sp³-hybridized carbons (Fsp3) is 0.448. The summed E-state index contributed by atoms with van der Waals surface area (Å²) in [5.74, 6) is 0.0715. The number of hydrogen-bond donors (Lipinski definition) is 1. The minimum atomic E-state index is -4.24. The van der Waals surface area contributed by atoms with E-state index in [2.05, 4.69) is 34.3 Å². The van der Waals surface area contributed by atoms with E-state index in [4.69, 9.17) is 4.74 Å². The molecule has 0 amide bonds. The number of carbonyl (C=O) groups excluding carboxylic acids is 1. The normalized spacial score (nSPS) is 24.1. The zero-order chi connectivity index (χ0) is 25.3. The van der Waals surface area contributed by atoms with Crippen LogP contribution in [0.2, 0.25) is 0 Å². The second-order valence-electron chi connectivity index (χ2n) is 10.1. The zero-order valence-corrected chi connectivity index (χ0v) is 20.4. The average Bonchev–Trinajstić information content (AvgIpc) is 3.32. The number of allylic oxidation sites excluding steroid dienone is 4. The van der Waals surface area contributed by atoms with Crippen LogP contribution >= 0.6 is 0 Å². The van der Waals surface area contributed by atoms with Crippen LogP contribution in [-0.2, 0) is 9.53 Å². The fourth-order valence-electron chi connectivity index (χ4n) is 5.69. The third-order valence-corrected chi connectivity index (χ3v) is 7.88. The van der Waals surface area contributed by atoms with E-state index in [1.165, 1.54) is 24.3 Å². The first-order valence-electron chi connectivity index (χ1n) is 12.7. The number of imidazole rings is 1. The Morgan fingerprint density at radius 1 is 1.06 bits per heavy atom. The van der Waals surface area contributed by atoms with E-state index in [1.54, 1.807) is 6.08 Å². The quantitative estimate of drug-likeness (QED) is 0.541. The van der Waals surface area contributed by atoms with Crippen LogP contribution in [0.15, 0.2) is 42.0 Å². The average molecular weight is 497 g/mol. The molecule has 0 spiro atoms. The van der Waals surface area contributed by atoms with E-state index in [0.717, 1.165) is 49.7 Å². The molecular weight excluding hydrogens is 465 g/mol. The largest absolute Gasteiger partial charge is 0.469 e. The Kier molecular flexibility index (Phi) is 6.91. The van der Waals surface area contributed by atoms with Gasteiger partial charge in [0.15, 0.2) is 0 Å². The van der Waals surface area contributed by atoms with Crippen molar-refractivity contribution in [3.05, 3.63) is 58.3 Å². The Labute approximate surface area is 208 Å². The molecule has 1 aromatic heterocycles. The summed E-state index contributed by atoms with van der Waals surface area (Å²) >= 11 is 0. The summed E-state index contributed by atoms with van der Waals surface area (Å²) in [6.45, 7) is 0. The number of hydrogen-bond acceptors (Lipinski definition) is 3. The number of fused-ring (bicyclic) bond motifs is 1. The molecule has 1 atom stereocenters. The van der Waals surface area contributed by atoms with Gasteiger partial charge in [-0.25, -0.2) is 4.98 Å². The molecule has 1 unspecified atom stereocenters. The Hall–Kier alpha value is -3.09. The topological polar surface area (TPSA) is 55.0 Å². The van der Waals surface area contributed by atoms with Crippen molar-refractivity contribution in [3.63, 3.8) is 0 Å². The standard InChI is InChI=1S/C29H31F3N2O2/c1-36-27(35)16-18-2-4-19(5-3-18)20-6-8-21(9-7-20)22-10-12-23(13-11-22)28-33-25-15-14-24(29(30,31)32)17-26(25)34-28/h6,8,10-13,15,17-19,24H,2-5,7,9,14,16H2,1H3,(H,33,34). The van der Waals surface area contributed by atoms with Gasteiger partial charge in [-0.15, -0.1) is 0 Å². The second-order valence-corrected chi connectivity index (χ2v) is 10.1. The van der Waals surface area contributed by atoms with Crippen molar-refractivity contribution in [1.82, 2.24) is 9.97 Å². The SMILES string of the molecule is COC(=O)CC1CCC(C2=CC=C(c3ccc(-c4nc5c([nH]4)=CC(C(F)(F)F)CC=5)cc3)CC2)CC1. The molecule has 0 radical (unpaired) electrons. The Balaban J connectivity index is 1.24. The van der Waals surface area contributed by atoms with Crippen molar-refractivity contribution in [2.45, 2.75) is 57.5 Å². The van der Waals surface area contributed by atoms with Gasteiger partial charge in [0.2, 0.25) is 0 Å². The summed E-state index contributed by atoms with van der Waals surface area (Å²) in [5, 5.41) is 1.02. The Morgan fingerprint density at radius 3 is 2.42 bits per heavy atom. The van der Waals surface area contributed by atoms with Crippen molar-refractivity contribution in [3.8, 4) is 11.4 Å². The Morgan fingerprint density at radius 2 is 1.78 bits per heavy atom. The number of carbonyl (C=O) groups is 1. The van der Waals surface area contributed by atoms with Gasteiger partial charge in [-0.3, -0.25) is 4.79 Å². The van der Waals surface area contributed by atoms with Gasteiger partial charge in [0, 0.05) is 12.0 Å². The van der Waals surface area contributed by atoms with Gasteiger partial charge in [-0.2, -0.15) is 13.2 Å². The first-order chi connectivity index (χ1) is 17.3. The molecule has 0 bridgehead atoms. The highest BCUT2D eigenvalue weighted by atomic mass is 19.4. The minimum absolute atomic E-state index is 0.0711. The van der Waals surface area contributed by atoms with Crippen molar-refractivity contribution >= 4 is 23.7 Å². The molecule has 2 aromatic rings. The number of halogens is 3. The smallest absolute Gasteiger partial charge is 0.395 e. The number of esters is 1. The van der Waals surface area contributed by atoms with E-state index >= 15 is 0 Å². The van der Waals surface area contributed by atoms with Crippen LogP contribution in [0.1, 0.15) is 56.9 Å². The van der Waals surface area contributed by atoms with Gasteiger partial charge in [0.1, 0.15) is 5.82 Å². The van der Waals surface area contributed by atoms with Crippen molar-refractivity contribution in [1.29, 1.82) is 0 Å². The number of aromatic nitrogens is 2. The van der Waals surface area contributed by atoms with E-state index in [0.29, 0.717) is 34.8 Å². The third kappa shape index (κ3) is 5.35. The molecule has 1 aromatic carbocycles. The van der Waals surface area contributed by atoms with Gasteiger partial charge >= 0.3 is 12.1 Å². The van der Waals surface area contributed by atoms with E-state index < -0.39 is 12.1 Å². The van der Waals surface area contributed by atoms with Crippen molar-refractivity contribution in [2.24, 2.45) is 17.8 Å². The lowest BCUT2D eigenvalue weighted by molar-refractivity contribution is -0.155. The molecule has 1 saturated carbocycles. The summed E-state index contributed by atoms with van der Waals surface area (Å²) in [5.41, 5.74) is 4.81. The number of benzene rings is 1. The van der Waals surface area contributed by atoms with Gasteiger partial charge in [-0.05, 0) is 74.0 Å². The molecule has 3 aliphatic carbocycles. The number of nitrogens with zero attached hydrogens (tertiary/aromatic N) is 1. The lowest BCUT2D eigenvalue weighted by atomic mass is 9.75. The molecule has 190 valence electrons. The Bertz CT molecular complexity index is 1290. The van der Waals surface area contributed by atoms with Crippen molar-refractivity contribution in [2.75, 3.05) is 7.11 Å². The highest BCUT2D eigenvalue weighted by Crippen LogP contribution is 2.39. The van der Waals surface area contributed by atoms with Crippen LogP contribution in [-0.4, -0.2) is 29.2 Å². The maximum Gasteiger partial charge on any atom is 0.395 e. The van der Waals surface area contributed by atoms with Crippen LogP contribution in [0.3, 0.4) is 0 Å². The molecule has 5 rings (SSSR count). The molecule has 3 aliphatic rings. The molecule has 1 heterocycles. The van der Waals surface area contributed by atoms with Gasteiger partial charge in [-0.1, -0.05) is 48.1 Å². The molecule has 1 fully saturated rings. The minimum Gasteiger partial charge on any atom is -0.469 e. The van der Waals surface area contributed by atoms with Crippen LogP contribution in [0, 0.1) is 17.8 Å². The van der Waals surface area contributed by atoms with Crippen molar-refractivity contribution < 1.29 is 22.7 Å². The molecule has 0 aliphatic heterocycles. The van der Waals surface area contributed by atoms with Gasteiger partial charge < -0.3 is 9.72 Å². The van der Waals surface area contributed by atoms with Crippen LogP contribution in [0.4, 0.5) is 13.2 Å². The van der Waals surface area contributed by atoms with Crippen LogP contribution < -0.4 is 10.7 Å². The molecule has 7 heteroatoms. The highest BCUT2D eigenvalue weighted by Gasteiger charge is 2.38. The fourth-order valence-corrected chi connectivity index (χ4v) is 5.69. The van der Waals surface area contributed by atoms with Crippen LogP contribution in [0.5, 0.6) is 0 Å². The summed E-state index contributed by atoms with van der Waals surface area (Å²) in [4.78, 5) is 19.1. The predicted molar refractivity (Wildman–Crippen MR) is 134 cm³/mol. The lowest BCUT2D eigenvalue weighted by Crippen LogP contribution is -2.33. The number of aromatic amines is 1. The maximum atomic E-state index is 13.1. The van der Waals surface area contributed by atoms with E-state index in [-0.39, 0.29) is 12.4 Å². The van der Waals surface area contributed by atoms with E-state index in [1.807, 2.05) is 12.1 Å². The summed E-state index contributed by atoms with van der Waals surface area (Å²) in [6, 6.07) is 8.07.